The molecule has 0 bridgehead atoms. The largest absolute Gasteiger partial charge is 0.390 e. The van der Waals surface area contributed by atoms with E-state index in [1.54, 1.807) is 0 Å². The first-order chi connectivity index (χ1) is 6.98. The van der Waals surface area contributed by atoms with Crippen LogP contribution in [0.15, 0.2) is 18.2 Å². The van der Waals surface area contributed by atoms with Crippen molar-refractivity contribution in [2.24, 2.45) is 5.92 Å². The SMILES string of the molecule is Cc1ccc(CC2(O)CC(C)C2)cc1C. The molecule has 15 heavy (non-hydrogen) atoms. The summed E-state index contributed by atoms with van der Waals surface area (Å²) < 4.78 is 0. The molecule has 1 aliphatic carbocycles. The van der Waals surface area contributed by atoms with Gasteiger partial charge < -0.3 is 5.11 Å². The second kappa shape index (κ2) is 3.64. The molecule has 1 fully saturated rings. The minimum Gasteiger partial charge on any atom is -0.390 e. The first-order valence-corrected chi connectivity index (χ1v) is 5.77. The Balaban J connectivity index is 2.08. The molecule has 0 saturated heterocycles. The standard InChI is InChI=1S/C14H20O/c1-10-7-14(15,8-10)9-13-5-4-11(2)12(3)6-13/h4-6,10,15H,7-9H2,1-3H3. The molecule has 1 aromatic carbocycles. The van der Waals surface area contributed by atoms with Crippen molar-refractivity contribution in [2.45, 2.75) is 45.6 Å². The molecular weight excluding hydrogens is 184 g/mol. The van der Waals surface area contributed by atoms with E-state index >= 15 is 0 Å². The average Bonchev–Trinajstić information content (AvgIpc) is 2.09. The fourth-order valence-corrected chi connectivity index (χ4v) is 2.68. The van der Waals surface area contributed by atoms with Crippen LogP contribution in [0.3, 0.4) is 0 Å². The number of rotatable bonds is 2. The van der Waals surface area contributed by atoms with Crippen LogP contribution < -0.4 is 0 Å². The summed E-state index contributed by atoms with van der Waals surface area (Å²) >= 11 is 0. The van der Waals surface area contributed by atoms with Crippen molar-refractivity contribution in [2.75, 3.05) is 0 Å². The molecule has 1 nitrogen and oxygen atoms in total. The van der Waals surface area contributed by atoms with Gasteiger partial charge in [-0.25, -0.2) is 0 Å². The molecule has 0 heterocycles. The molecule has 0 spiro atoms. The van der Waals surface area contributed by atoms with Crippen LogP contribution in [0.1, 0.15) is 36.5 Å². The van der Waals surface area contributed by atoms with Gasteiger partial charge in [0.2, 0.25) is 0 Å². The van der Waals surface area contributed by atoms with Crippen molar-refractivity contribution in [1.82, 2.24) is 0 Å². The Morgan fingerprint density at radius 3 is 2.47 bits per heavy atom. The average molecular weight is 204 g/mol. The maximum absolute atomic E-state index is 10.2. The van der Waals surface area contributed by atoms with Gasteiger partial charge in [-0.2, -0.15) is 0 Å². The summed E-state index contributed by atoms with van der Waals surface area (Å²) in [7, 11) is 0. The number of hydrogen-bond acceptors (Lipinski definition) is 1. The summed E-state index contributed by atoms with van der Waals surface area (Å²) in [5.74, 6) is 0.696. The van der Waals surface area contributed by atoms with Crippen LogP contribution in [0, 0.1) is 19.8 Å². The highest BCUT2D eigenvalue weighted by atomic mass is 16.3. The highest BCUT2D eigenvalue weighted by Crippen LogP contribution is 2.39. The lowest BCUT2D eigenvalue weighted by molar-refractivity contribution is -0.0665. The number of aryl methyl sites for hydroxylation is 2. The van der Waals surface area contributed by atoms with Crippen LogP contribution in [-0.4, -0.2) is 10.7 Å². The maximum Gasteiger partial charge on any atom is 0.0693 e. The summed E-state index contributed by atoms with van der Waals surface area (Å²) in [6.07, 6.45) is 2.73. The van der Waals surface area contributed by atoms with Crippen LogP contribution in [0.25, 0.3) is 0 Å². The molecule has 1 heteroatoms. The molecular formula is C14H20O. The Bertz CT molecular complexity index is 362. The van der Waals surface area contributed by atoms with Crippen molar-refractivity contribution in [1.29, 1.82) is 0 Å². The molecule has 0 aliphatic heterocycles. The third-order valence-electron chi connectivity index (χ3n) is 3.56. The predicted octanol–water partition coefficient (Wildman–Crippen LogP) is 3.01. The van der Waals surface area contributed by atoms with Gasteiger partial charge in [-0.05, 0) is 49.3 Å². The minimum absolute atomic E-state index is 0.416. The third-order valence-corrected chi connectivity index (χ3v) is 3.56. The molecule has 1 saturated carbocycles. The fraction of sp³-hybridized carbons (Fsp3) is 0.571. The van der Waals surface area contributed by atoms with E-state index in [9.17, 15) is 5.11 Å². The van der Waals surface area contributed by atoms with Gasteiger partial charge in [-0.15, -0.1) is 0 Å². The van der Waals surface area contributed by atoms with E-state index < -0.39 is 5.60 Å². The second-order valence-corrected chi connectivity index (χ2v) is 5.33. The van der Waals surface area contributed by atoms with Crippen LogP contribution >= 0.6 is 0 Å². The van der Waals surface area contributed by atoms with Gasteiger partial charge in [-0.3, -0.25) is 0 Å². The summed E-state index contributed by atoms with van der Waals surface area (Å²) in [5, 5.41) is 10.2. The molecule has 0 amide bonds. The Labute approximate surface area is 92.1 Å². The monoisotopic (exact) mass is 204 g/mol. The highest BCUT2D eigenvalue weighted by Gasteiger charge is 2.39. The molecule has 2 rings (SSSR count). The van der Waals surface area contributed by atoms with Crippen molar-refractivity contribution in [3.8, 4) is 0 Å². The molecule has 0 unspecified atom stereocenters. The minimum atomic E-state index is -0.416. The summed E-state index contributed by atoms with van der Waals surface area (Å²) in [6, 6.07) is 6.50. The van der Waals surface area contributed by atoms with Crippen molar-refractivity contribution in [3.63, 3.8) is 0 Å². The van der Waals surface area contributed by atoms with E-state index in [0.29, 0.717) is 5.92 Å². The molecule has 1 aromatic rings. The van der Waals surface area contributed by atoms with E-state index in [1.807, 2.05) is 0 Å². The van der Waals surface area contributed by atoms with Gasteiger partial charge in [0.1, 0.15) is 0 Å². The lowest BCUT2D eigenvalue weighted by Crippen LogP contribution is -2.44. The summed E-state index contributed by atoms with van der Waals surface area (Å²) in [6.45, 7) is 6.46. The predicted molar refractivity (Wildman–Crippen MR) is 63.0 cm³/mol. The smallest absolute Gasteiger partial charge is 0.0693 e. The molecule has 1 aliphatic rings. The lowest BCUT2D eigenvalue weighted by atomic mass is 9.69. The van der Waals surface area contributed by atoms with Gasteiger partial charge in [0.25, 0.3) is 0 Å². The summed E-state index contributed by atoms with van der Waals surface area (Å²) in [4.78, 5) is 0. The first kappa shape index (κ1) is 10.7. The van der Waals surface area contributed by atoms with Gasteiger partial charge in [0, 0.05) is 6.42 Å². The highest BCUT2D eigenvalue weighted by molar-refractivity contribution is 5.31. The first-order valence-electron chi connectivity index (χ1n) is 5.77. The Morgan fingerprint density at radius 1 is 1.27 bits per heavy atom. The maximum atomic E-state index is 10.2. The number of benzene rings is 1. The van der Waals surface area contributed by atoms with E-state index in [-0.39, 0.29) is 0 Å². The second-order valence-electron chi connectivity index (χ2n) is 5.33. The Morgan fingerprint density at radius 2 is 1.93 bits per heavy atom. The summed E-state index contributed by atoms with van der Waals surface area (Å²) in [5.41, 5.74) is 3.50. The zero-order valence-corrected chi connectivity index (χ0v) is 9.88. The number of hydrogen-bond donors (Lipinski definition) is 1. The molecule has 0 atom stereocenters. The van der Waals surface area contributed by atoms with E-state index in [0.717, 1.165) is 19.3 Å². The van der Waals surface area contributed by atoms with E-state index in [4.69, 9.17) is 0 Å². The Kier molecular flexibility index (Phi) is 2.59. The van der Waals surface area contributed by atoms with E-state index in [1.165, 1.54) is 16.7 Å². The van der Waals surface area contributed by atoms with Crippen molar-refractivity contribution in [3.05, 3.63) is 34.9 Å². The molecule has 0 radical (unpaired) electrons. The van der Waals surface area contributed by atoms with Crippen LogP contribution in [-0.2, 0) is 6.42 Å². The Hall–Kier alpha value is -0.820. The van der Waals surface area contributed by atoms with E-state index in [2.05, 4.69) is 39.0 Å². The fourth-order valence-electron chi connectivity index (χ4n) is 2.68. The normalized spacial score (nSPS) is 30.0. The van der Waals surface area contributed by atoms with Crippen LogP contribution in [0.2, 0.25) is 0 Å². The van der Waals surface area contributed by atoms with Gasteiger partial charge >= 0.3 is 0 Å². The van der Waals surface area contributed by atoms with Crippen molar-refractivity contribution < 1.29 is 5.11 Å². The third kappa shape index (κ3) is 2.23. The van der Waals surface area contributed by atoms with Gasteiger partial charge in [0.05, 0.1) is 5.60 Å². The molecule has 82 valence electrons. The molecule has 0 aromatic heterocycles. The topological polar surface area (TPSA) is 20.2 Å². The molecule has 1 N–H and O–H groups in total. The zero-order chi connectivity index (χ0) is 11.1. The quantitative estimate of drug-likeness (QED) is 0.785. The zero-order valence-electron chi connectivity index (χ0n) is 9.88. The number of aliphatic hydroxyl groups is 1. The van der Waals surface area contributed by atoms with Crippen LogP contribution in [0.5, 0.6) is 0 Å². The lowest BCUT2D eigenvalue weighted by Gasteiger charge is -2.42. The van der Waals surface area contributed by atoms with Crippen LogP contribution in [0.4, 0.5) is 0 Å². The van der Waals surface area contributed by atoms with Crippen molar-refractivity contribution >= 4 is 0 Å². The van der Waals surface area contributed by atoms with Gasteiger partial charge in [-0.1, -0.05) is 25.1 Å². The van der Waals surface area contributed by atoms with Gasteiger partial charge in [0.15, 0.2) is 0 Å².